The van der Waals surface area contributed by atoms with Crippen molar-refractivity contribution >= 4 is 5.91 Å². The number of nitrogens with one attached hydrogen (secondary N) is 2. The van der Waals surface area contributed by atoms with Crippen molar-refractivity contribution in [1.29, 1.82) is 0 Å². The van der Waals surface area contributed by atoms with Gasteiger partial charge in [0.15, 0.2) is 0 Å². The molecule has 27 heavy (non-hydrogen) atoms. The molecule has 1 aromatic rings. The van der Waals surface area contributed by atoms with Gasteiger partial charge in [-0.1, -0.05) is 44.2 Å². The Balaban J connectivity index is 1.45. The van der Waals surface area contributed by atoms with E-state index in [1.54, 1.807) is 0 Å². The molecule has 0 saturated carbocycles. The minimum Gasteiger partial charge on any atom is -0.336 e. The first-order chi connectivity index (χ1) is 13.2. The monoisotopic (exact) mass is 368 g/mol. The highest BCUT2D eigenvalue weighted by Crippen LogP contribution is 2.47. The number of carbonyl (C=O) groups excluding carboxylic acids is 1. The van der Waals surface area contributed by atoms with Crippen molar-refractivity contribution in [3.05, 3.63) is 35.9 Å². The third-order valence-corrected chi connectivity index (χ3v) is 7.80. The summed E-state index contributed by atoms with van der Waals surface area (Å²) in [6, 6.07) is 12.1. The van der Waals surface area contributed by atoms with E-state index in [1.165, 1.54) is 31.5 Å². The Kier molecular flexibility index (Phi) is 4.49. The summed E-state index contributed by atoms with van der Waals surface area (Å²) in [6.07, 6.45) is 3.54. The molecule has 5 nitrogen and oxygen atoms in total. The van der Waals surface area contributed by atoms with Gasteiger partial charge in [0.25, 0.3) is 0 Å². The molecule has 5 aliphatic heterocycles. The van der Waals surface area contributed by atoms with Crippen molar-refractivity contribution in [3.63, 3.8) is 0 Å². The van der Waals surface area contributed by atoms with Crippen molar-refractivity contribution in [2.45, 2.75) is 63.2 Å². The molecule has 3 unspecified atom stereocenters. The van der Waals surface area contributed by atoms with Gasteiger partial charge in [0.2, 0.25) is 5.91 Å². The first kappa shape index (κ1) is 17.7. The summed E-state index contributed by atoms with van der Waals surface area (Å²) in [5.74, 6) is 1.75. The number of likely N-dealkylation sites (tertiary alicyclic amines) is 1. The second-order valence-corrected chi connectivity index (χ2v) is 9.00. The second kappa shape index (κ2) is 6.87. The van der Waals surface area contributed by atoms with Crippen LogP contribution >= 0.6 is 0 Å². The standard InChI is InChI=1S/C22H32N4O/c1-3-18-14(2)19(24-23-18)22(27)26-13-17(15-7-5-4-6-8-15)21-20(26)16-9-11-25(21)12-10-16/h4-8,14,16-21,23-24H,3,9-13H2,1-2H3/t14?,17-,18?,19?,20+,21+/m1/s1. The molecule has 2 N–H and O–H groups in total. The van der Waals surface area contributed by atoms with E-state index < -0.39 is 0 Å². The molecule has 5 heterocycles. The maximum Gasteiger partial charge on any atom is 0.241 e. The predicted molar refractivity (Wildman–Crippen MR) is 106 cm³/mol. The highest BCUT2D eigenvalue weighted by atomic mass is 16.2. The Bertz CT molecular complexity index is 687. The molecule has 0 aromatic heterocycles. The summed E-state index contributed by atoms with van der Waals surface area (Å²) in [4.78, 5) is 18.6. The number of piperidine rings is 3. The summed E-state index contributed by atoms with van der Waals surface area (Å²) in [5.41, 5.74) is 8.07. The quantitative estimate of drug-likeness (QED) is 0.856. The lowest BCUT2D eigenvalue weighted by Crippen LogP contribution is -2.62. The van der Waals surface area contributed by atoms with Gasteiger partial charge in [-0.3, -0.25) is 15.1 Å². The Morgan fingerprint density at radius 3 is 2.52 bits per heavy atom. The maximum absolute atomic E-state index is 13.6. The summed E-state index contributed by atoms with van der Waals surface area (Å²) < 4.78 is 0. The largest absolute Gasteiger partial charge is 0.336 e. The fourth-order valence-corrected chi connectivity index (χ4v) is 6.30. The van der Waals surface area contributed by atoms with E-state index in [9.17, 15) is 4.79 Å². The van der Waals surface area contributed by atoms with Crippen LogP contribution in [0.4, 0.5) is 0 Å². The highest BCUT2D eigenvalue weighted by molar-refractivity contribution is 5.83. The molecule has 0 aliphatic carbocycles. The van der Waals surface area contributed by atoms with Gasteiger partial charge in [-0.2, -0.15) is 0 Å². The van der Waals surface area contributed by atoms with Gasteiger partial charge in [-0.15, -0.1) is 0 Å². The molecule has 1 aromatic carbocycles. The summed E-state index contributed by atoms with van der Waals surface area (Å²) >= 11 is 0. The fourth-order valence-electron chi connectivity index (χ4n) is 6.30. The van der Waals surface area contributed by atoms with E-state index in [2.05, 4.69) is 64.8 Å². The van der Waals surface area contributed by atoms with E-state index in [1.807, 2.05) is 0 Å². The van der Waals surface area contributed by atoms with Crippen molar-refractivity contribution < 1.29 is 4.79 Å². The molecule has 0 radical (unpaired) electrons. The Morgan fingerprint density at radius 2 is 1.85 bits per heavy atom. The Morgan fingerprint density at radius 1 is 1.11 bits per heavy atom. The summed E-state index contributed by atoms with van der Waals surface area (Å²) in [7, 11) is 0. The molecule has 5 saturated heterocycles. The van der Waals surface area contributed by atoms with Crippen LogP contribution in [0.2, 0.25) is 0 Å². The summed E-state index contributed by atoms with van der Waals surface area (Å²) in [5, 5.41) is 0. The number of rotatable bonds is 3. The normalized spacial score (nSPS) is 43.1. The third kappa shape index (κ3) is 2.74. The minimum atomic E-state index is -0.0967. The number of hydrogen-bond donors (Lipinski definition) is 2. The van der Waals surface area contributed by atoms with Crippen LogP contribution in [0.3, 0.4) is 0 Å². The van der Waals surface area contributed by atoms with Crippen molar-refractivity contribution in [2.24, 2.45) is 11.8 Å². The van der Waals surface area contributed by atoms with Gasteiger partial charge >= 0.3 is 0 Å². The number of benzene rings is 1. The van der Waals surface area contributed by atoms with Gasteiger partial charge in [0.05, 0.1) is 6.04 Å². The SMILES string of the molecule is CCC1NNC(C(=O)N2C[C@H](c3ccccc3)[C@H]3[C@@H]2C2CCN3CC2)C1C. The van der Waals surface area contributed by atoms with E-state index in [4.69, 9.17) is 0 Å². The molecule has 5 aliphatic rings. The molecule has 5 heteroatoms. The lowest BCUT2D eigenvalue weighted by Gasteiger charge is -2.51. The van der Waals surface area contributed by atoms with Crippen molar-refractivity contribution in [1.82, 2.24) is 20.7 Å². The van der Waals surface area contributed by atoms with Crippen LogP contribution in [0, 0.1) is 11.8 Å². The maximum atomic E-state index is 13.6. The van der Waals surface area contributed by atoms with E-state index in [-0.39, 0.29) is 6.04 Å². The smallest absolute Gasteiger partial charge is 0.241 e. The number of fused-ring (bicyclic) bond motifs is 2. The van der Waals surface area contributed by atoms with Gasteiger partial charge in [-0.25, -0.2) is 5.43 Å². The van der Waals surface area contributed by atoms with Gasteiger partial charge in [0, 0.05) is 24.5 Å². The van der Waals surface area contributed by atoms with E-state index in [0.717, 1.165) is 13.0 Å². The molecule has 5 fully saturated rings. The molecular weight excluding hydrogens is 336 g/mol. The zero-order valence-electron chi connectivity index (χ0n) is 16.5. The molecule has 1 amide bonds. The lowest BCUT2D eigenvalue weighted by atomic mass is 9.75. The zero-order valence-corrected chi connectivity index (χ0v) is 16.5. The van der Waals surface area contributed by atoms with E-state index >= 15 is 0 Å². The molecule has 2 bridgehead atoms. The van der Waals surface area contributed by atoms with Crippen LogP contribution in [-0.2, 0) is 4.79 Å². The predicted octanol–water partition coefficient (Wildman–Crippen LogP) is 1.97. The Labute approximate surface area is 162 Å². The molecule has 6 atom stereocenters. The lowest BCUT2D eigenvalue weighted by molar-refractivity contribution is -0.138. The average Bonchev–Trinajstić information content (AvgIpc) is 3.31. The zero-order chi connectivity index (χ0) is 18.5. The second-order valence-electron chi connectivity index (χ2n) is 9.00. The van der Waals surface area contributed by atoms with Crippen LogP contribution in [0.15, 0.2) is 30.3 Å². The number of nitrogens with zero attached hydrogens (tertiary/aromatic N) is 2. The molecular formula is C22H32N4O. The Hall–Kier alpha value is -1.43. The first-order valence-corrected chi connectivity index (χ1v) is 10.8. The minimum absolute atomic E-state index is 0.0967. The molecule has 0 spiro atoms. The summed E-state index contributed by atoms with van der Waals surface area (Å²) in [6.45, 7) is 7.67. The average molecular weight is 369 g/mol. The van der Waals surface area contributed by atoms with Gasteiger partial charge < -0.3 is 4.90 Å². The topological polar surface area (TPSA) is 47.6 Å². The highest BCUT2D eigenvalue weighted by Gasteiger charge is 2.56. The van der Waals surface area contributed by atoms with Crippen LogP contribution in [0.5, 0.6) is 0 Å². The van der Waals surface area contributed by atoms with E-state index in [0.29, 0.717) is 41.8 Å². The van der Waals surface area contributed by atoms with Crippen molar-refractivity contribution in [3.8, 4) is 0 Å². The van der Waals surface area contributed by atoms with Gasteiger partial charge in [0.1, 0.15) is 6.04 Å². The number of carbonyl (C=O) groups is 1. The van der Waals surface area contributed by atoms with Crippen LogP contribution < -0.4 is 10.9 Å². The number of hydrazine groups is 1. The molecule has 146 valence electrons. The molecule has 6 rings (SSSR count). The third-order valence-electron chi connectivity index (χ3n) is 7.80. The van der Waals surface area contributed by atoms with Gasteiger partial charge in [-0.05, 0) is 49.8 Å². The number of amides is 1. The first-order valence-electron chi connectivity index (χ1n) is 10.8. The van der Waals surface area contributed by atoms with Crippen LogP contribution in [-0.4, -0.2) is 59.5 Å². The number of hydrogen-bond acceptors (Lipinski definition) is 4. The fraction of sp³-hybridized carbons (Fsp3) is 0.682. The van der Waals surface area contributed by atoms with Crippen molar-refractivity contribution in [2.75, 3.05) is 19.6 Å². The van der Waals surface area contributed by atoms with Crippen LogP contribution in [0.25, 0.3) is 0 Å². The van der Waals surface area contributed by atoms with Crippen LogP contribution in [0.1, 0.15) is 44.6 Å².